The van der Waals surface area contributed by atoms with Crippen molar-refractivity contribution in [1.82, 2.24) is 0 Å². The molecule has 28 heavy (non-hydrogen) atoms. The van der Waals surface area contributed by atoms with Gasteiger partial charge in [0, 0.05) is 33.4 Å². The summed E-state index contributed by atoms with van der Waals surface area (Å²) in [5.41, 5.74) is 0.458. The Morgan fingerprint density at radius 3 is 2.57 bits per heavy atom. The molecular weight excluding hydrogens is 448 g/mol. The number of nitrogens with one attached hydrogen (secondary N) is 2. The predicted octanol–water partition coefficient (Wildman–Crippen LogP) is 4.38. The lowest BCUT2D eigenvalue weighted by Gasteiger charge is -2.12. The first-order valence-corrected chi connectivity index (χ1v) is 9.51. The van der Waals surface area contributed by atoms with Crippen LogP contribution in [0.1, 0.15) is 10.4 Å². The molecule has 0 aliphatic carbocycles. The Hall–Kier alpha value is -2.61. The van der Waals surface area contributed by atoms with Crippen LogP contribution >= 0.6 is 27.5 Å². The average Bonchev–Trinajstić information content (AvgIpc) is 2.67. The summed E-state index contributed by atoms with van der Waals surface area (Å²) in [7, 11) is 0. The van der Waals surface area contributed by atoms with Crippen LogP contribution in [0, 0.1) is 0 Å². The third-order valence-electron chi connectivity index (χ3n) is 3.82. The molecule has 0 aliphatic rings. The summed E-state index contributed by atoms with van der Waals surface area (Å²) >= 11 is 9.22. The van der Waals surface area contributed by atoms with Crippen LogP contribution in [0.25, 0.3) is 11.3 Å². The largest absolute Gasteiger partial charge is 0.422 e. The molecule has 144 valence electrons. The van der Waals surface area contributed by atoms with E-state index >= 15 is 0 Å². The summed E-state index contributed by atoms with van der Waals surface area (Å²) in [5.74, 6) is -0.327. The van der Waals surface area contributed by atoms with E-state index < -0.39 is 11.5 Å². The Morgan fingerprint density at radius 2 is 1.89 bits per heavy atom. The second-order valence-corrected chi connectivity index (χ2v) is 7.16. The van der Waals surface area contributed by atoms with Crippen molar-refractivity contribution < 1.29 is 14.3 Å². The zero-order valence-corrected chi connectivity index (χ0v) is 16.9. The van der Waals surface area contributed by atoms with E-state index in [-0.39, 0.29) is 24.4 Å². The molecule has 0 radical (unpaired) electrons. The van der Waals surface area contributed by atoms with E-state index in [1.165, 1.54) is 0 Å². The zero-order chi connectivity index (χ0) is 20.1. The number of hydrogen-bond donors (Lipinski definition) is 3. The average molecular weight is 464 g/mol. The van der Waals surface area contributed by atoms with Crippen LogP contribution in [-0.2, 0) is 0 Å². The van der Waals surface area contributed by atoms with Crippen molar-refractivity contribution in [2.75, 3.05) is 23.8 Å². The predicted molar refractivity (Wildman–Crippen MR) is 113 cm³/mol. The second kappa shape index (κ2) is 9.05. The lowest BCUT2D eigenvalue weighted by molar-refractivity contribution is 0.102. The van der Waals surface area contributed by atoms with Gasteiger partial charge in [0.2, 0.25) is 0 Å². The molecule has 2 aromatic carbocycles. The summed E-state index contributed by atoms with van der Waals surface area (Å²) in [6.07, 6.45) is 0. The Kier molecular flexibility index (Phi) is 6.51. The summed E-state index contributed by atoms with van der Waals surface area (Å²) in [5, 5.41) is 15.2. The summed E-state index contributed by atoms with van der Waals surface area (Å²) < 4.78 is 6.21. The number of carbonyl (C=O) groups excluding carboxylic acids is 1. The zero-order valence-electron chi connectivity index (χ0n) is 14.5. The monoisotopic (exact) mass is 462 g/mol. The molecule has 0 aliphatic heterocycles. The molecule has 1 amide bonds. The molecule has 0 fully saturated rings. The first-order chi connectivity index (χ1) is 13.5. The molecule has 1 heterocycles. The van der Waals surface area contributed by atoms with Crippen molar-refractivity contribution in [1.29, 1.82) is 0 Å². The molecule has 3 aromatic rings. The van der Waals surface area contributed by atoms with Crippen molar-refractivity contribution in [3.8, 4) is 11.3 Å². The highest BCUT2D eigenvalue weighted by Crippen LogP contribution is 2.26. The van der Waals surface area contributed by atoms with E-state index in [9.17, 15) is 9.59 Å². The quantitative estimate of drug-likeness (QED) is 0.505. The number of rotatable bonds is 6. The van der Waals surface area contributed by atoms with E-state index in [0.29, 0.717) is 22.0 Å². The number of hydrogen-bond acceptors (Lipinski definition) is 5. The highest BCUT2D eigenvalue weighted by molar-refractivity contribution is 9.10. The van der Waals surface area contributed by atoms with Crippen LogP contribution in [-0.4, -0.2) is 24.2 Å². The lowest BCUT2D eigenvalue weighted by atomic mass is 10.1. The van der Waals surface area contributed by atoms with Crippen LogP contribution in [0.2, 0.25) is 5.02 Å². The van der Waals surface area contributed by atoms with Crippen molar-refractivity contribution in [2.24, 2.45) is 0 Å². The minimum Gasteiger partial charge on any atom is -0.422 e. The van der Waals surface area contributed by atoms with Gasteiger partial charge in [-0.1, -0.05) is 39.7 Å². The van der Waals surface area contributed by atoms with Gasteiger partial charge in [-0.2, -0.15) is 0 Å². The van der Waals surface area contributed by atoms with Crippen molar-refractivity contribution in [2.45, 2.75) is 0 Å². The standard InChI is InChI=1S/C20H16BrClN2O4/c21-13-3-1-2-12(10-13)17-11-16(23-8-9-25)18(20(27)28-17)19(26)24-15-6-4-14(22)5-7-15/h1-7,10-11,23,25H,8-9H2,(H,24,26). The molecule has 3 N–H and O–H groups in total. The van der Waals surface area contributed by atoms with Crippen molar-refractivity contribution >= 4 is 44.8 Å². The minimum atomic E-state index is -0.788. The Balaban J connectivity index is 2.00. The molecule has 1 aromatic heterocycles. The van der Waals surface area contributed by atoms with Gasteiger partial charge in [0.1, 0.15) is 11.3 Å². The molecular formula is C20H16BrClN2O4. The summed E-state index contributed by atoms with van der Waals surface area (Å²) in [6, 6.07) is 15.3. The van der Waals surface area contributed by atoms with Crippen molar-refractivity contribution in [3.05, 3.63) is 80.1 Å². The molecule has 0 bridgehead atoms. The first-order valence-electron chi connectivity index (χ1n) is 8.33. The van der Waals surface area contributed by atoms with Gasteiger partial charge in [-0.25, -0.2) is 4.79 Å². The van der Waals surface area contributed by atoms with Gasteiger partial charge in [-0.05, 0) is 36.4 Å². The fraction of sp³-hybridized carbons (Fsp3) is 0.100. The van der Waals surface area contributed by atoms with Gasteiger partial charge in [0.15, 0.2) is 0 Å². The molecule has 6 nitrogen and oxygen atoms in total. The molecule has 0 spiro atoms. The van der Waals surface area contributed by atoms with E-state index in [2.05, 4.69) is 26.6 Å². The summed E-state index contributed by atoms with van der Waals surface area (Å²) in [4.78, 5) is 25.3. The third-order valence-corrected chi connectivity index (χ3v) is 4.56. The van der Waals surface area contributed by atoms with Gasteiger partial charge in [-0.3, -0.25) is 4.79 Å². The number of aliphatic hydroxyl groups is 1. The molecule has 0 saturated carbocycles. The number of benzene rings is 2. The second-order valence-electron chi connectivity index (χ2n) is 5.81. The van der Waals surface area contributed by atoms with Gasteiger partial charge in [0.25, 0.3) is 5.91 Å². The van der Waals surface area contributed by atoms with E-state index in [1.54, 1.807) is 48.5 Å². The van der Waals surface area contributed by atoms with E-state index in [1.807, 2.05) is 6.07 Å². The smallest absolute Gasteiger partial charge is 0.351 e. The molecule has 0 atom stereocenters. The maximum atomic E-state index is 12.7. The Bertz CT molecular complexity index is 1050. The number of amides is 1. The molecule has 0 unspecified atom stereocenters. The van der Waals surface area contributed by atoms with Crippen LogP contribution in [0.3, 0.4) is 0 Å². The molecule has 3 rings (SSSR count). The maximum absolute atomic E-state index is 12.7. The van der Waals surface area contributed by atoms with E-state index in [4.69, 9.17) is 21.1 Å². The minimum absolute atomic E-state index is 0.162. The van der Waals surface area contributed by atoms with Gasteiger partial charge in [-0.15, -0.1) is 0 Å². The number of halogens is 2. The van der Waals surface area contributed by atoms with E-state index in [0.717, 1.165) is 4.47 Å². The SMILES string of the molecule is O=C(Nc1ccc(Cl)cc1)c1c(NCCO)cc(-c2cccc(Br)c2)oc1=O. The Morgan fingerprint density at radius 1 is 1.14 bits per heavy atom. The normalized spacial score (nSPS) is 10.5. The lowest BCUT2D eigenvalue weighted by Crippen LogP contribution is -2.24. The number of aliphatic hydroxyl groups excluding tert-OH is 1. The maximum Gasteiger partial charge on any atom is 0.351 e. The topological polar surface area (TPSA) is 91.6 Å². The molecule has 8 heteroatoms. The Labute approximate surface area is 174 Å². The highest BCUT2D eigenvalue weighted by atomic mass is 79.9. The first kappa shape index (κ1) is 20.1. The fourth-order valence-corrected chi connectivity index (χ4v) is 3.07. The van der Waals surface area contributed by atoms with Crippen LogP contribution < -0.4 is 16.3 Å². The van der Waals surface area contributed by atoms with Crippen molar-refractivity contribution in [3.63, 3.8) is 0 Å². The third kappa shape index (κ3) is 4.81. The summed E-state index contributed by atoms with van der Waals surface area (Å²) in [6.45, 7) is 0.00723. The van der Waals surface area contributed by atoms with Gasteiger partial charge < -0.3 is 20.2 Å². The van der Waals surface area contributed by atoms with Gasteiger partial charge in [0.05, 0.1) is 12.3 Å². The fourth-order valence-electron chi connectivity index (χ4n) is 2.55. The number of anilines is 2. The number of carbonyl (C=O) groups is 1. The van der Waals surface area contributed by atoms with Crippen LogP contribution in [0.15, 0.2) is 68.3 Å². The van der Waals surface area contributed by atoms with Crippen LogP contribution in [0.5, 0.6) is 0 Å². The van der Waals surface area contributed by atoms with Crippen LogP contribution in [0.4, 0.5) is 11.4 Å². The molecule has 0 saturated heterocycles. The highest BCUT2D eigenvalue weighted by Gasteiger charge is 2.20. The van der Waals surface area contributed by atoms with Gasteiger partial charge >= 0.3 is 5.63 Å².